The number of methoxy groups -OCH3 is 1. The summed E-state index contributed by atoms with van der Waals surface area (Å²) in [5.41, 5.74) is 3.91. The molecule has 1 aliphatic rings. The smallest absolute Gasteiger partial charge is 0.229 e. The molecule has 0 saturated carbocycles. The molecule has 0 aliphatic carbocycles. The molecule has 0 amide bonds. The molecule has 5 rings (SSSR count). The molecule has 2 aromatic carbocycles. The van der Waals surface area contributed by atoms with Crippen molar-refractivity contribution in [3.05, 3.63) is 59.2 Å². The molecule has 170 valence electrons. The first kappa shape index (κ1) is 21.3. The third kappa shape index (κ3) is 4.14. The van der Waals surface area contributed by atoms with Gasteiger partial charge in [0, 0.05) is 43.9 Å². The Kier molecular flexibility index (Phi) is 5.68. The fourth-order valence-electron chi connectivity index (χ4n) is 4.18. The van der Waals surface area contributed by atoms with Gasteiger partial charge in [-0.15, -0.1) is 0 Å². The topological polar surface area (TPSA) is 71.3 Å². The number of aryl methyl sites for hydroxylation is 2. The molecule has 0 radical (unpaired) electrons. The second-order valence-electron chi connectivity index (χ2n) is 8.11. The number of nitrogens with one attached hydrogen (secondary N) is 1. The van der Waals surface area contributed by atoms with Crippen molar-refractivity contribution in [2.75, 3.05) is 48.4 Å². The van der Waals surface area contributed by atoms with E-state index in [4.69, 9.17) is 26.3 Å². The van der Waals surface area contributed by atoms with Crippen molar-refractivity contribution in [3.8, 4) is 5.75 Å². The van der Waals surface area contributed by atoms with Crippen LogP contribution in [0.3, 0.4) is 0 Å². The minimum absolute atomic E-state index is 0.694. The number of para-hydroxylation sites is 2. The number of hydrogen-bond acceptors (Lipinski definition) is 7. The van der Waals surface area contributed by atoms with Crippen LogP contribution in [0.4, 0.5) is 23.1 Å². The average molecular weight is 464 g/mol. The van der Waals surface area contributed by atoms with E-state index in [1.807, 2.05) is 50.4 Å². The third-order valence-corrected chi connectivity index (χ3v) is 6.25. The Morgan fingerprint density at radius 1 is 1.00 bits per heavy atom. The zero-order chi connectivity index (χ0) is 22.9. The van der Waals surface area contributed by atoms with Crippen molar-refractivity contribution >= 4 is 45.8 Å². The Morgan fingerprint density at radius 2 is 1.76 bits per heavy atom. The van der Waals surface area contributed by atoms with Crippen LogP contribution in [-0.2, 0) is 7.05 Å². The summed E-state index contributed by atoms with van der Waals surface area (Å²) in [6.45, 7) is 5.34. The summed E-state index contributed by atoms with van der Waals surface area (Å²) < 4.78 is 7.33. The summed E-state index contributed by atoms with van der Waals surface area (Å²) in [4.78, 5) is 14.3. The number of ether oxygens (including phenoxy) is 1. The van der Waals surface area contributed by atoms with E-state index in [1.54, 1.807) is 18.0 Å². The molecule has 1 N–H and O–H groups in total. The molecule has 3 heterocycles. The van der Waals surface area contributed by atoms with E-state index in [-0.39, 0.29) is 0 Å². The summed E-state index contributed by atoms with van der Waals surface area (Å²) in [6.07, 6.45) is 1.80. The van der Waals surface area contributed by atoms with Gasteiger partial charge in [0.2, 0.25) is 5.95 Å². The number of anilines is 4. The molecule has 9 heteroatoms. The van der Waals surface area contributed by atoms with Gasteiger partial charge >= 0.3 is 0 Å². The number of piperazine rings is 1. The quantitative estimate of drug-likeness (QED) is 0.470. The Morgan fingerprint density at radius 3 is 2.52 bits per heavy atom. The lowest BCUT2D eigenvalue weighted by Crippen LogP contribution is -2.47. The van der Waals surface area contributed by atoms with Crippen molar-refractivity contribution in [2.24, 2.45) is 7.05 Å². The molecular weight excluding hydrogens is 438 g/mol. The van der Waals surface area contributed by atoms with Crippen molar-refractivity contribution in [1.82, 2.24) is 19.7 Å². The van der Waals surface area contributed by atoms with E-state index in [9.17, 15) is 0 Å². The number of hydrogen-bond donors (Lipinski definition) is 1. The van der Waals surface area contributed by atoms with Crippen LogP contribution in [0.15, 0.2) is 48.7 Å². The maximum Gasteiger partial charge on any atom is 0.229 e. The van der Waals surface area contributed by atoms with E-state index in [2.05, 4.69) is 26.3 Å². The zero-order valence-electron chi connectivity index (χ0n) is 18.9. The number of nitrogens with zero attached hydrogens (tertiary/aromatic N) is 6. The van der Waals surface area contributed by atoms with Gasteiger partial charge in [-0.3, -0.25) is 4.68 Å². The molecule has 0 bridgehead atoms. The first-order valence-corrected chi connectivity index (χ1v) is 11.3. The highest BCUT2D eigenvalue weighted by atomic mass is 35.5. The monoisotopic (exact) mass is 463 g/mol. The van der Waals surface area contributed by atoms with Crippen LogP contribution in [0.5, 0.6) is 5.75 Å². The van der Waals surface area contributed by atoms with Crippen LogP contribution in [0.25, 0.3) is 11.0 Å². The Balaban J connectivity index is 1.42. The molecule has 1 saturated heterocycles. The Bertz CT molecular complexity index is 1300. The van der Waals surface area contributed by atoms with Gasteiger partial charge in [-0.25, -0.2) is 0 Å². The van der Waals surface area contributed by atoms with E-state index >= 15 is 0 Å². The standard InChI is InChI=1S/C24H26ClN7O/c1-16-14-17(25)8-9-19(16)27-22-18-15-26-30(2)23(18)29-24(28-22)32-12-10-31(11-13-32)20-6-4-5-7-21(20)33-3/h4-9,14-15H,10-13H2,1-3H3,(H,27,28,29). The molecular formula is C24H26ClN7O. The van der Waals surface area contributed by atoms with Crippen LogP contribution in [0.2, 0.25) is 5.02 Å². The zero-order valence-corrected chi connectivity index (χ0v) is 19.7. The number of fused-ring (bicyclic) bond motifs is 1. The van der Waals surface area contributed by atoms with E-state index in [0.717, 1.165) is 65.7 Å². The number of halogens is 1. The molecule has 0 atom stereocenters. The van der Waals surface area contributed by atoms with Crippen LogP contribution < -0.4 is 19.9 Å². The molecule has 4 aromatic rings. The largest absolute Gasteiger partial charge is 0.495 e. The van der Waals surface area contributed by atoms with E-state index in [1.165, 1.54) is 0 Å². The molecule has 1 fully saturated rings. The highest BCUT2D eigenvalue weighted by molar-refractivity contribution is 6.30. The Hall–Kier alpha value is -3.52. The van der Waals surface area contributed by atoms with Gasteiger partial charge in [-0.1, -0.05) is 23.7 Å². The summed E-state index contributed by atoms with van der Waals surface area (Å²) >= 11 is 6.13. The number of benzene rings is 2. The maximum absolute atomic E-state index is 6.13. The van der Waals surface area contributed by atoms with Crippen molar-refractivity contribution in [2.45, 2.75) is 6.92 Å². The van der Waals surface area contributed by atoms with Crippen LogP contribution in [0.1, 0.15) is 5.56 Å². The lowest BCUT2D eigenvalue weighted by atomic mass is 10.2. The SMILES string of the molecule is COc1ccccc1N1CCN(c2nc(Nc3ccc(Cl)cc3C)c3cnn(C)c3n2)CC1. The fraction of sp³-hybridized carbons (Fsp3) is 0.292. The van der Waals surface area contributed by atoms with Crippen LogP contribution in [-0.4, -0.2) is 53.0 Å². The van der Waals surface area contributed by atoms with E-state index < -0.39 is 0 Å². The first-order valence-electron chi connectivity index (χ1n) is 10.9. The second-order valence-corrected chi connectivity index (χ2v) is 8.54. The van der Waals surface area contributed by atoms with Gasteiger partial charge in [0.25, 0.3) is 0 Å². The van der Waals surface area contributed by atoms with Gasteiger partial charge in [0.05, 0.1) is 24.4 Å². The number of rotatable bonds is 5. The normalized spacial score (nSPS) is 14.1. The summed E-state index contributed by atoms with van der Waals surface area (Å²) in [5, 5.41) is 9.46. The van der Waals surface area contributed by atoms with Crippen molar-refractivity contribution < 1.29 is 4.74 Å². The summed E-state index contributed by atoms with van der Waals surface area (Å²) in [5.74, 6) is 2.32. The molecule has 0 spiro atoms. The summed E-state index contributed by atoms with van der Waals surface area (Å²) in [6, 6.07) is 13.9. The van der Waals surface area contributed by atoms with E-state index in [0.29, 0.717) is 11.0 Å². The van der Waals surface area contributed by atoms with Gasteiger partial charge in [-0.2, -0.15) is 15.1 Å². The lowest BCUT2D eigenvalue weighted by molar-refractivity contribution is 0.413. The van der Waals surface area contributed by atoms with Gasteiger partial charge < -0.3 is 19.9 Å². The third-order valence-electron chi connectivity index (χ3n) is 6.01. The highest BCUT2D eigenvalue weighted by Gasteiger charge is 2.23. The minimum Gasteiger partial charge on any atom is -0.495 e. The second kappa shape index (κ2) is 8.78. The molecule has 33 heavy (non-hydrogen) atoms. The molecule has 0 unspecified atom stereocenters. The van der Waals surface area contributed by atoms with Gasteiger partial charge in [-0.05, 0) is 42.8 Å². The predicted octanol–water partition coefficient (Wildman–Crippen LogP) is 4.40. The predicted molar refractivity (Wildman–Crippen MR) is 133 cm³/mol. The Labute approximate surface area is 197 Å². The lowest BCUT2D eigenvalue weighted by Gasteiger charge is -2.36. The minimum atomic E-state index is 0.694. The maximum atomic E-state index is 6.13. The van der Waals surface area contributed by atoms with Gasteiger partial charge in [0.1, 0.15) is 11.6 Å². The summed E-state index contributed by atoms with van der Waals surface area (Å²) in [7, 11) is 3.61. The van der Waals surface area contributed by atoms with Crippen molar-refractivity contribution in [3.63, 3.8) is 0 Å². The molecule has 1 aliphatic heterocycles. The number of aromatic nitrogens is 4. The molecule has 2 aromatic heterocycles. The highest BCUT2D eigenvalue weighted by Crippen LogP contribution is 2.31. The molecule has 8 nitrogen and oxygen atoms in total. The van der Waals surface area contributed by atoms with Crippen molar-refractivity contribution in [1.29, 1.82) is 0 Å². The van der Waals surface area contributed by atoms with Gasteiger partial charge in [0.15, 0.2) is 5.65 Å². The first-order chi connectivity index (χ1) is 16.0. The van der Waals surface area contributed by atoms with Crippen LogP contribution in [0, 0.1) is 6.92 Å². The van der Waals surface area contributed by atoms with Crippen LogP contribution >= 0.6 is 11.6 Å². The fourth-order valence-corrected chi connectivity index (χ4v) is 4.41. The average Bonchev–Trinajstić information content (AvgIpc) is 3.22.